The summed E-state index contributed by atoms with van der Waals surface area (Å²) in [5.74, 6) is 0.106. The van der Waals surface area contributed by atoms with Crippen LogP contribution < -0.4 is 10.7 Å². The van der Waals surface area contributed by atoms with Crippen molar-refractivity contribution in [1.82, 2.24) is 0 Å². The van der Waals surface area contributed by atoms with Gasteiger partial charge in [-0.15, -0.1) is 11.8 Å². The van der Waals surface area contributed by atoms with E-state index in [9.17, 15) is 9.59 Å². The molecule has 3 aromatic rings. The van der Waals surface area contributed by atoms with E-state index in [-0.39, 0.29) is 11.0 Å². The minimum atomic E-state index is -0.521. The van der Waals surface area contributed by atoms with Crippen LogP contribution in [-0.4, -0.2) is 11.7 Å². The highest BCUT2D eigenvalue weighted by atomic mass is 32.2. The van der Waals surface area contributed by atoms with Gasteiger partial charge < -0.3 is 9.73 Å². The Morgan fingerprint density at radius 3 is 2.76 bits per heavy atom. The molecule has 0 saturated heterocycles. The van der Waals surface area contributed by atoms with Gasteiger partial charge in [-0.2, -0.15) is 5.26 Å². The molecular weight excluding hydrogens is 336 g/mol. The van der Waals surface area contributed by atoms with E-state index in [0.717, 1.165) is 4.90 Å². The number of para-hydroxylation sites is 2. The fourth-order valence-electron chi connectivity index (χ4n) is 2.33. The van der Waals surface area contributed by atoms with Gasteiger partial charge in [-0.1, -0.05) is 24.3 Å². The maximum Gasteiger partial charge on any atom is 0.262 e. The summed E-state index contributed by atoms with van der Waals surface area (Å²) in [4.78, 5) is 25.9. The van der Waals surface area contributed by atoms with Crippen molar-refractivity contribution in [2.45, 2.75) is 11.3 Å². The van der Waals surface area contributed by atoms with Crippen LogP contribution in [0, 0.1) is 11.3 Å². The van der Waals surface area contributed by atoms with Crippen LogP contribution in [0.15, 0.2) is 68.9 Å². The molecular formula is C19H14N2O3S. The molecule has 0 fully saturated rings. The summed E-state index contributed by atoms with van der Waals surface area (Å²) >= 11 is 1.48. The number of hydrogen-bond donors (Lipinski definition) is 1. The number of thioether (sulfide) groups is 1. The summed E-state index contributed by atoms with van der Waals surface area (Å²) in [5, 5.41) is 11.8. The Kier molecular flexibility index (Phi) is 5.17. The van der Waals surface area contributed by atoms with Crippen LogP contribution in [-0.2, 0) is 0 Å². The highest BCUT2D eigenvalue weighted by Crippen LogP contribution is 2.27. The third-order valence-electron chi connectivity index (χ3n) is 3.53. The first-order valence-corrected chi connectivity index (χ1v) is 8.60. The first-order chi connectivity index (χ1) is 12.2. The molecule has 0 atom stereocenters. The van der Waals surface area contributed by atoms with Gasteiger partial charge in [-0.3, -0.25) is 9.59 Å². The number of rotatable bonds is 5. The normalized spacial score (nSPS) is 10.4. The monoisotopic (exact) mass is 350 g/mol. The quantitative estimate of drug-likeness (QED) is 0.554. The van der Waals surface area contributed by atoms with E-state index in [4.69, 9.17) is 9.68 Å². The third kappa shape index (κ3) is 3.73. The van der Waals surface area contributed by atoms with E-state index in [1.165, 1.54) is 18.0 Å². The van der Waals surface area contributed by atoms with Crippen molar-refractivity contribution in [3.05, 3.63) is 70.6 Å². The number of hydrogen-bond acceptors (Lipinski definition) is 5. The van der Waals surface area contributed by atoms with Crippen molar-refractivity contribution >= 4 is 34.3 Å². The zero-order chi connectivity index (χ0) is 17.6. The molecule has 1 aromatic heterocycles. The van der Waals surface area contributed by atoms with Crippen LogP contribution in [0.25, 0.3) is 11.0 Å². The molecule has 0 aliphatic rings. The Hall–Kier alpha value is -3.04. The van der Waals surface area contributed by atoms with Crippen LogP contribution in [0.5, 0.6) is 0 Å². The smallest absolute Gasteiger partial charge is 0.262 e. The molecule has 0 spiro atoms. The first-order valence-electron chi connectivity index (χ1n) is 7.61. The van der Waals surface area contributed by atoms with Gasteiger partial charge in [0.05, 0.1) is 17.1 Å². The number of nitrogens with zero attached hydrogens (tertiary/aromatic N) is 1. The molecule has 0 radical (unpaired) electrons. The lowest BCUT2D eigenvalue weighted by Gasteiger charge is -2.10. The predicted octanol–water partition coefficient (Wildman–Crippen LogP) is 4.05. The highest BCUT2D eigenvalue weighted by molar-refractivity contribution is 7.99. The van der Waals surface area contributed by atoms with Gasteiger partial charge in [0.25, 0.3) is 5.91 Å². The van der Waals surface area contributed by atoms with Crippen LogP contribution >= 0.6 is 11.8 Å². The molecule has 1 amide bonds. The zero-order valence-corrected chi connectivity index (χ0v) is 14.0. The number of carbonyl (C=O) groups excluding carboxylic acids is 1. The van der Waals surface area contributed by atoms with Crippen LogP contribution in [0.4, 0.5) is 5.69 Å². The summed E-state index contributed by atoms with van der Waals surface area (Å²) in [5.41, 5.74) is 0.629. The minimum Gasteiger partial charge on any atom is -0.463 e. The van der Waals surface area contributed by atoms with E-state index in [1.807, 2.05) is 12.1 Å². The third-order valence-corrected chi connectivity index (χ3v) is 4.61. The van der Waals surface area contributed by atoms with Crippen molar-refractivity contribution in [2.24, 2.45) is 0 Å². The van der Waals surface area contributed by atoms with Crippen LogP contribution in [0.2, 0.25) is 0 Å². The average Bonchev–Trinajstić information content (AvgIpc) is 2.64. The fourth-order valence-corrected chi connectivity index (χ4v) is 3.19. The van der Waals surface area contributed by atoms with Gasteiger partial charge in [0, 0.05) is 17.1 Å². The number of anilines is 1. The Labute approximate surface area is 148 Å². The summed E-state index contributed by atoms with van der Waals surface area (Å²) in [6, 6.07) is 16.2. The molecule has 1 heterocycles. The second-order valence-corrected chi connectivity index (χ2v) is 6.32. The van der Waals surface area contributed by atoms with Crippen molar-refractivity contribution in [2.75, 3.05) is 11.1 Å². The van der Waals surface area contributed by atoms with Gasteiger partial charge in [0.15, 0.2) is 0 Å². The van der Waals surface area contributed by atoms with Crippen molar-refractivity contribution < 1.29 is 9.21 Å². The molecule has 25 heavy (non-hydrogen) atoms. The molecule has 0 bridgehead atoms. The lowest BCUT2D eigenvalue weighted by Crippen LogP contribution is -2.21. The van der Waals surface area contributed by atoms with Gasteiger partial charge in [-0.25, -0.2) is 0 Å². The Morgan fingerprint density at radius 2 is 1.92 bits per heavy atom. The van der Waals surface area contributed by atoms with Crippen molar-refractivity contribution in [1.29, 1.82) is 5.26 Å². The number of nitriles is 1. The van der Waals surface area contributed by atoms with E-state index in [2.05, 4.69) is 11.4 Å². The largest absolute Gasteiger partial charge is 0.463 e. The highest BCUT2D eigenvalue weighted by Gasteiger charge is 2.15. The lowest BCUT2D eigenvalue weighted by molar-refractivity contribution is 0.102. The van der Waals surface area contributed by atoms with E-state index in [0.29, 0.717) is 28.8 Å². The average molecular weight is 350 g/mol. The summed E-state index contributed by atoms with van der Waals surface area (Å²) < 4.78 is 5.39. The molecule has 0 aliphatic heterocycles. The maximum absolute atomic E-state index is 12.5. The fraction of sp³-hybridized carbons (Fsp3) is 0.105. The Morgan fingerprint density at radius 1 is 1.16 bits per heavy atom. The van der Waals surface area contributed by atoms with Gasteiger partial charge in [0.1, 0.15) is 17.4 Å². The molecule has 0 saturated carbocycles. The zero-order valence-electron chi connectivity index (χ0n) is 13.2. The molecule has 1 N–H and O–H groups in total. The number of amides is 1. The Bertz CT molecular complexity index is 1020. The van der Waals surface area contributed by atoms with E-state index in [1.54, 1.807) is 36.4 Å². The second-order valence-electron chi connectivity index (χ2n) is 5.18. The SMILES string of the molecule is N#CCCSc1ccccc1NC(=O)c1coc2ccccc2c1=O. The number of benzene rings is 2. The summed E-state index contributed by atoms with van der Waals surface area (Å²) in [7, 11) is 0. The van der Waals surface area contributed by atoms with Gasteiger partial charge in [-0.05, 0) is 24.3 Å². The molecule has 3 rings (SSSR count). The second kappa shape index (κ2) is 7.69. The number of nitrogens with one attached hydrogen (secondary N) is 1. The Balaban J connectivity index is 1.87. The van der Waals surface area contributed by atoms with E-state index < -0.39 is 5.91 Å². The van der Waals surface area contributed by atoms with Crippen LogP contribution in [0.3, 0.4) is 0 Å². The summed E-state index contributed by atoms with van der Waals surface area (Å²) in [6.07, 6.45) is 1.60. The minimum absolute atomic E-state index is 0.0458. The van der Waals surface area contributed by atoms with Crippen LogP contribution in [0.1, 0.15) is 16.8 Å². The number of carbonyl (C=O) groups is 1. The predicted molar refractivity (Wildman–Crippen MR) is 97.8 cm³/mol. The topological polar surface area (TPSA) is 83.1 Å². The van der Waals surface area contributed by atoms with Gasteiger partial charge in [0.2, 0.25) is 5.43 Å². The van der Waals surface area contributed by atoms with Crippen molar-refractivity contribution in [3.8, 4) is 6.07 Å². The maximum atomic E-state index is 12.5. The standard InChI is InChI=1S/C19H14N2O3S/c20-10-5-11-25-17-9-4-2-7-15(17)21-19(23)14-12-24-16-8-3-1-6-13(16)18(14)22/h1-4,6-9,12H,5,11H2,(H,21,23). The molecule has 5 nitrogen and oxygen atoms in total. The molecule has 2 aromatic carbocycles. The summed E-state index contributed by atoms with van der Waals surface area (Å²) in [6.45, 7) is 0. The van der Waals surface area contributed by atoms with Crippen molar-refractivity contribution in [3.63, 3.8) is 0 Å². The molecule has 124 valence electrons. The molecule has 0 aliphatic carbocycles. The number of fused-ring (bicyclic) bond motifs is 1. The van der Waals surface area contributed by atoms with E-state index >= 15 is 0 Å². The van der Waals surface area contributed by atoms with Gasteiger partial charge >= 0.3 is 0 Å². The first kappa shape index (κ1) is 16.8. The molecule has 0 unspecified atom stereocenters. The lowest BCUT2D eigenvalue weighted by atomic mass is 10.1. The molecule has 6 heteroatoms.